The lowest BCUT2D eigenvalue weighted by Gasteiger charge is -2.18. The first-order chi connectivity index (χ1) is 8.97. The van der Waals surface area contributed by atoms with Gasteiger partial charge in [-0.05, 0) is 27.8 Å². The highest BCUT2D eigenvalue weighted by Gasteiger charge is 2.14. The Hall–Kier alpha value is -1.27. The van der Waals surface area contributed by atoms with Crippen molar-refractivity contribution in [3.63, 3.8) is 0 Å². The summed E-state index contributed by atoms with van der Waals surface area (Å²) in [7, 11) is 3.80. The first-order valence-electron chi connectivity index (χ1n) is 6.73. The van der Waals surface area contributed by atoms with Crippen LogP contribution in [0.1, 0.15) is 25.6 Å². The van der Waals surface area contributed by atoms with Crippen LogP contribution in [-0.2, 0) is 4.74 Å². The number of nitrogens with zero attached hydrogens (tertiary/aromatic N) is 3. The molecule has 0 fully saturated rings. The Balaban J connectivity index is 2.53. The van der Waals surface area contributed by atoms with Crippen LogP contribution < -0.4 is 11.1 Å². The minimum atomic E-state index is 0.296. The van der Waals surface area contributed by atoms with Gasteiger partial charge in [-0.15, -0.1) is 0 Å². The molecule has 0 amide bonds. The zero-order valence-electron chi connectivity index (χ0n) is 12.7. The van der Waals surface area contributed by atoms with Gasteiger partial charge >= 0.3 is 0 Å². The monoisotopic (exact) mass is 269 g/mol. The Labute approximate surface area is 115 Å². The maximum atomic E-state index is 6.06. The molecule has 0 atom stereocenters. The Morgan fingerprint density at radius 1 is 1.42 bits per heavy atom. The van der Waals surface area contributed by atoms with Gasteiger partial charge in [0.1, 0.15) is 5.82 Å². The van der Waals surface area contributed by atoms with Crippen molar-refractivity contribution in [2.24, 2.45) is 0 Å². The molecule has 0 bridgehead atoms. The van der Waals surface area contributed by atoms with E-state index in [9.17, 15) is 0 Å². The molecular formula is C13H27N5O. The van der Waals surface area contributed by atoms with Gasteiger partial charge in [-0.3, -0.25) is 0 Å². The third-order valence-corrected chi connectivity index (χ3v) is 3.08. The van der Waals surface area contributed by atoms with Gasteiger partial charge in [0, 0.05) is 32.8 Å². The summed E-state index contributed by atoms with van der Waals surface area (Å²) >= 11 is 0. The third-order valence-electron chi connectivity index (χ3n) is 3.08. The van der Waals surface area contributed by atoms with Gasteiger partial charge < -0.3 is 20.7 Å². The number of hydrogen-bond acceptors (Lipinski definition) is 5. The molecule has 19 heavy (non-hydrogen) atoms. The zero-order chi connectivity index (χ0) is 14.4. The van der Waals surface area contributed by atoms with E-state index >= 15 is 0 Å². The number of aryl methyl sites for hydroxylation is 1. The molecule has 0 aliphatic rings. The topological polar surface area (TPSA) is 68.3 Å². The molecule has 0 aliphatic heterocycles. The number of nitrogen functional groups attached to an aromatic ring is 1. The van der Waals surface area contributed by atoms with Crippen molar-refractivity contribution in [1.29, 1.82) is 0 Å². The molecule has 0 saturated carbocycles. The molecule has 0 aliphatic carbocycles. The third kappa shape index (κ3) is 4.40. The van der Waals surface area contributed by atoms with Crippen molar-refractivity contribution in [1.82, 2.24) is 14.7 Å². The molecule has 1 rings (SSSR count). The first-order valence-corrected chi connectivity index (χ1v) is 6.73. The second-order valence-corrected chi connectivity index (χ2v) is 5.11. The van der Waals surface area contributed by atoms with E-state index in [-0.39, 0.29) is 0 Å². The predicted octanol–water partition coefficient (Wildman–Crippen LogP) is 1.34. The van der Waals surface area contributed by atoms with Gasteiger partial charge in [0.15, 0.2) is 0 Å². The second kappa shape index (κ2) is 7.35. The lowest BCUT2D eigenvalue weighted by Crippen LogP contribution is -2.29. The van der Waals surface area contributed by atoms with Crippen LogP contribution in [0.3, 0.4) is 0 Å². The summed E-state index contributed by atoms with van der Waals surface area (Å²) in [6, 6.07) is 0.296. The number of rotatable bonds is 8. The standard InChI is InChI=1S/C13H27N5O/c1-10(2)18-13(12(14)11(3)16-18)15-6-7-17(4)8-9-19-5/h10,15H,6-9,14H2,1-5H3. The number of nitrogens with two attached hydrogens (primary N) is 1. The van der Waals surface area contributed by atoms with Gasteiger partial charge in [0.05, 0.1) is 18.0 Å². The first kappa shape index (κ1) is 15.8. The van der Waals surface area contributed by atoms with Gasteiger partial charge in [0.2, 0.25) is 0 Å². The number of ether oxygens (including phenoxy) is 1. The van der Waals surface area contributed by atoms with Crippen LogP contribution >= 0.6 is 0 Å². The van der Waals surface area contributed by atoms with E-state index in [2.05, 4.69) is 36.2 Å². The molecule has 1 aromatic rings. The summed E-state index contributed by atoms with van der Waals surface area (Å²) in [5.41, 5.74) is 7.68. The molecule has 110 valence electrons. The molecule has 1 aromatic heterocycles. The average molecular weight is 269 g/mol. The molecule has 0 unspecified atom stereocenters. The fourth-order valence-electron chi connectivity index (χ4n) is 1.83. The van der Waals surface area contributed by atoms with Gasteiger partial charge in [-0.25, -0.2) is 4.68 Å². The highest BCUT2D eigenvalue weighted by molar-refractivity contribution is 5.64. The highest BCUT2D eigenvalue weighted by Crippen LogP contribution is 2.25. The van der Waals surface area contributed by atoms with Crippen LogP contribution in [0.15, 0.2) is 0 Å². The lowest BCUT2D eigenvalue weighted by molar-refractivity contribution is 0.163. The zero-order valence-corrected chi connectivity index (χ0v) is 12.7. The van der Waals surface area contributed by atoms with Crippen molar-refractivity contribution < 1.29 is 4.74 Å². The summed E-state index contributed by atoms with van der Waals surface area (Å²) in [6.07, 6.45) is 0. The van der Waals surface area contributed by atoms with E-state index in [4.69, 9.17) is 10.5 Å². The summed E-state index contributed by atoms with van der Waals surface area (Å²) in [5.74, 6) is 0.924. The van der Waals surface area contributed by atoms with E-state index in [0.717, 1.165) is 43.4 Å². The van der Waals surface area contributed by atoms with Crippen LogP contribution in [-0.4, -0.2) is 55.1 Å². The molecule has 1 heterocycles. The maximum absolute atomic E-state index is 6.06. The summed E-state index contributed by atoms with van der Waals surface area (Å²) < 4.78 is 7.00. The largest absolute Gasteiger partial charge is 0.394 e. The van der Waals surface area contributed by atoms with E-state index < -0.39 is 0 Å². The molecular weight excluding hydrogens is 242 g/mol. The molecule has 0 spiro atoms. The Kier molecular flexibility index (Phi) is 6.11. The summed E-state index contributed by atoms with van der Waals surface area (Å²) in [5, 5.41) is 7.84. The molecule has 0 radical (unpaired) electrons. The van der Waals surface area contributed by atoms with Crippen molar-refractivity contribution in [3.05, 3.63) is 5.69 Å². The van der Waals surface area contributed by atoms with Crippen LogP contribution in [0.4, 0.5) is 11.5 Å². The number of hydrogen-bond donors (Lipinski definition) is 2. The van der Waals surface area contributed by atoms with Crippen LogP contribution in [0, 0.1) is 6.92 Å². The smallest absolute Gasteiger partial charge is 0.148 e. The maximum Gasteiger partial charge on any atom is 0.148 e. The molecule has 0 saturated heterocycles. The number of aromatic nitrogens is 2. The van der Waals surface area contributed by atoms with E-state index in [0.29, 0.717) is 6.04 Å². The fourth-order valence-corrected chi connectivity index (χ4v) is 1.83. The Morgan fingerprint density at radius 2 is 2.11 bits per heavy atom. The summed E-state index contributed by atoms with van der Waals surface area (Å²) in [4.78, 5) is 2.22. The highest BCUT2D eigenvalue weighted by atomic mass is 16.5. The van der Waals surface area contributed by atoms with E-state index in [1.807, 2.05) is 11.6 Å². The van der Waals surface area contributed by atoms with Gasteiger partial charge in [0.25, 0.3) is 0 Å². The fraction of sp³-hybridized carbons (Fsp3) is 0.769. The minimum absolute atomic E-state index is 0.296. The van der Waals surface area contributed by atoms with E-state index in [1.54, 1.807) is 7.11 Å². The normalized spacial score (nSPS) is 11.5. The van der Waals surface area contributed by atoms with Crippen LogP contribution in [0.5, 0.6) is 0 Å². The molecule has 0 aromatic carbocycles. The van der Waals surface area contributed by atoms with Crippen molar-refractivity contribution >= 4 is 11.5 Å². The summed E-state index contributed by atoms with van der Waals surface area (Å²) in [6.45, 7) is 9.58. The number of anilines is 2. The Morgan fingerprint density at radius 3 is 2.68 bits per heavy atom. The van der Waals surface area contributed by atoms with Crippen LogP contribution in [0.2, 0.25) is 0 Å². The van der Waals surface area contributed by atoms with Crippen molar-refractivity contribution in [3.8, 4) is 0 Å². The predicted molar refractivity (Wildman–Crippen MR) is 79.6 cm³/mol. The average Bonchev–Trinajstić information content (AvgIpc) is 2.64. The minimum Gasteiger partial charge on any atom is -0.394 e. The van der Waals surface area contributed by atoms with Crippen molar-refractivity contribution in [2.75, 3.05) is 51.4 Å². The second-order valence-electron chi connectivity index (χ2n) is 5.11. The number of likely N-dealkylation sites (N-methyl/N-ethyl adjacent to an activating group) is 1. The van der Waals surface area contributed by atoms with Gasteiger partial charge in [-0.1, -0.05) is 0 Å². The molecule has 3 N–H and O–H groups in total. The van der Waals surface area contributed by atoms with Gasteiger partial charge in [-0.2, -0.15) is 5.10 Å². The number of methoxy groups -OCH3 is 1. The number of nitrogens with one attached hydrogen (secondary N) is 1. The van der Waals surface area contributed by atoms with Crippen molar-refractivity contribution in [2.45, 2.75) is 26.8 Å². The lowest BCUT2D eigenvalue weighted by atomic mass is 10.3. The van der Waals surface area contributed by atoms with Crippen LogP contribution in [0.25, 0.3) is 0 Å². The SMILES string of the molecule is COCCN(C)CCNc1c(N)c(C)nn1C(C)C. The Bertz CT molecular complexity index is 389. The molecule has 6 heteroatoms. The molecule has 6 nitrogen and oxygen atoms in total. The quantitative estimate of drug-likeness (QED) is 0.745. The van der Waals surface area contributed by atoms with E-state index in [1.165, 1.54) is 0 Å².